The first-order valence-corrected chi connectivity index (χ1v) is 4.06. The molecule has 0 aliphatic carbocycles. The third kappa shape index (κ3) is 5.80. The highest BCUT2D eigenvalue weighted by Gasteiger charge is 1.88. The van der Waals surface area contributed by atoms with Crippen LogP contribution in [-0.2, 0) is 0 Å². The van der Waals surface area contributed by atoms with E-state index in [1.165, 1.54) is 0 Å². The maximum Gasteiger partial charge on any atom is 0.0467 e. The summed E-state index contributed by atoms with van der Waals surface area (Å²) < 4.78 is 0. The Morgan fingerprint density at radius 3 is 1.82 bits per heavy atom. The average molecular weight is 171 g/mol. The molecular formula is C9H17NS. The summed E-state index contributed by atoms with van der Waals surface area (Å²) in [5, 5.41) is 2.92. The second-order valence-corrected chi connectivity index (χ2v) is 1.94. The van der Waals surface area contributed by atoms with Crippen LogP contribution in [0.3, 0.4) is 0 Å². The van der Waals surface area contributed by atoms with Crippen LogP contribution < -0.4 is 5.32 Å². The van der Waals surface area contributed by atoms with Gasteiger partial charge in [-0.15, -0.1) is 12.6 Å². The Morgan fingerprint density at radius 1 is 1.27 bits per heavy atom. The molecule has 0 bridgehead atoms. The molecule has 0 spiro atoms. The van der Waals surface area contributed by atoms with E-state index in [4.69, 9.17) is 0 Å². The minimum atomic E-state index is 0.813. The summed E-state index contributed by atoms with van der Waals surface area (Å²) in [5.41, 5.74) is 0.897. The van der Waals surface area contributed by atoms with Gasteiger partial charge in [-0.05, 0) is 6.08 Å². The van der Waals surface area contributed by atoms with Crippen molar-refractivity contribution in [2.24, 2.45) is 0 Å². The molecule has 0 aromatic heterocycles. The fraction of sp³-hybridized carbons (Fsp3) is 0.333. The van der Waals surface area contributed by atoms with E-state index in [0.29, 0.717) is 0 Å². The molecule has 1 nitrogen and oxygen atoms in total. The molecule has 64 valence electrons. The maximum atomic E-state index is 4.11. The minimum Gasteiger partial charge on any atom is -0.387 e. The molecule has 0 saturated carbocycles. The van der Waals surface area contributed by atoms with Gasteiger partial charge in [-0.2, -0.15) is 0 Å². The largest absolute Gasteiger partial charge is 0.387 e. The third-order valence-corrected chi connectivity index (χ3v) is 1.37. The molecule has 0 radical (unpaired) electrons. The van der Waals surface area contributed by atoms with Crippen LogP contribution in [0, 0.1) is 0 Å². The van der Waals surface area contributed by atoms with Crippen LogP contribution in [0.5, 0.6) is 0 Å². The highest BCUT2D eigenvalue weighted by molar-refractivity contribution is 7.84. The molecule has 0 saturated heterocycles. The standard InChI is InChI=1S/C7H11NS.C2H6/c1-4-6(8-3)7(9)5-2;1-2/h4-5,8-9H,1-2H2,3H3;1-2H3/b7-6-;. The molecule has 1 N–H and O–H groups in total. The van der Waals surface area contributed by atoms with E-state index in [2.05, 4.69) is 31.1 Å². The van der Waals surface area contributed by atoms with E-state index >= 15 is 0 Å². The van der Waals surface area contributed by atoms with Crippen molar-refractivity contribution in [2.45, 2.75) is 13.8 Å². The molecule has 0 aromatic rings. The van der Waals surface area contributed by atoms with Crippen LogP contribution in [-0.4, -0.2) is 7.05 Å². The average Bonchev–Trinajstić information content (AvgIpc) is 2.10. The lowest BCUT2D eigenvalue weighted by molar-refractivity contribution is 1.03. The molecule has 0 aliphatic heterocycles. The molecular weight excluding hydrogens is 154 g/mol. The zero-order valence-electron chi connectivity index (χ0n) is 7.52. The lowest BCUT2D eigenvalue weighted by Crippen LogP contribution is -2.03. The van der Waals surface area contributed by atoms with E-state index in [1.54, 1.807) is 12.2 Å². The molecule has 0 aromatic carbocycles. The van der Waals surface area contributed by atoms with Crippen molar-refractivity contribution in [3.63, 3.8) is 0 Å². The Kier molecular flexibility index (Phi) is 11.1. The number of rotatable bonds is 3. The van der Waals surface area contributed by atoms with Crippen molar-refractivity contribution in [3.8, 4) is 0 Å². The fourth-order valence-electron chi connectivity index (χ4n) is 0.445. The van der Waals surface area contributed by atoms with Gasteiger partial charge in [-0.3, -0.25) is 0 Å². The molecule has 0 heterocycles. The Hall–Kier alpha value is -0.630. The minimum absolute atomic E-state index is 0.813. The van der Waals surface area contributed by atoms with Crippen LogP contribution in [0.25, 0.3) is 0 Å². The smallest absolute Gasteiger partial charge is 0.0467 e. The Morgan fingerprint density at radius 2 is 1.73 bits per heavy atom. The third-order valence-electron chi connectivity index (χ3n) is 0.943. The van der Waals surface area contributed by atoms with E-state index in [1.807, 2.05) is 20.9 Å². The molecule has 2 heteroatoms. The summed E-state index contributed by atoms with van der Waals surface area (Å²) in [5.74, 6) is 0. The summed E-state index contributed by atoms with van der Waals surface area (Å²) in [6, 6.07) is 0. The van der Waals surface area contributed by atoms with Crippen molar-refractivity contribution in [2.75, 3.05) is 7.05 Å². The van der Waals surface area contributed by atoms with Gasteiger partial charge in [0.2, 0.25) is 0 Å². The van der Waals surface area contributed by atoms with Crippen molar-refractivity contribution in [3.05, 3.63) is 35.9 Å². The molecule has 0 fully saturated rings. The number of hydrogen-bond acceptors (Lipinski definition) is 2. The Bertz CT molecular complexity index is 148. The van der Waals surface area contributed by atoms with Crippen LogP contribution in [0.2, 0.25) is 0 Å². The van der Waals surface area contributed by atoms with Gasteiger partial charge in [0.1, 0.15) is 0 Å². The lowest BCUT2D eigenvalue weighted by atomic mass is 10.4. The summed E-state index contributed by atoms with van der Waals surface area (Å²) in [4.78, 5) is 0.813. The van der Waals surface area contributed by atoms with Gasteiger partial charge in [-0.25, -0.2) is 0 Å². The van der Waals surface area contributed by atoms with Crippen LogP contribution in [0.15, 0.2) is 35.9 Å². The van der Waals surface area contributed by atoms with Gasteiger partial charge >= 0.3 is 0 Å². The highest BCUT2D eigenvalue weighted by Crippen LogP contribution is 2.06. The summed E-state index contributed by atoms with van der Waals surface area (Å²) in [6.07, 6.45) is 3.36. The summed E-state index contributed by atoms with van der Waals surface area (Å²) >= 11 is 4.11. The van der Waals surface area contributed by atoms with Gasteiger partial charge in [-0.1, -0.05) is 33.1 Å². The first kappa shape index (κ1) is 13.0. The molecule has 0 rings (SSSR count). The first-order valence-electron chi connectivity index (χ1n) is 3.62. The molecule has 11 heavy (non-hydrogen) atoms. The quantitative estimate of drug-likeness (QED) is 0.491. The van der Waals surface area contributed by atoms with Crippen molar-refractivity contribution in [1.82, 2.24) is 5.32 Å². The van der Waals surface area contributed by atoms with Gasteiger partial charge in [0.15, 0.2) is 0 Å². The maximum absolute atomic E-state index is 4.11. The Balaban J connectivity index is 0. The first-order chi connectivity index (χ1) is 5.26. The van der Waals surface area contributed by atoms with Crippen molar-refractivity contribution < 1.29 is 0 Å². The monoisotopic (exact) mass is 171 g/mol. The van der Waals surface area contributed by atoms with Crippen molar-refractivity contribution in [1.29, 1.82) is 0 Å². The molecule has 0 amide bonds. The summed E-state index contributed by atoms with van der Waals surface area (Å²) in [7, 11) is 1.82. The number of likely N-dealkylation sites (N-methyl/N-ethyl adjacent to an activating group) is 1. The van der Waals surface area contributed by atoms with E-state index in [-0.39, 0.29) is 0 Å². The van der Waals surface area contributed by atoms with Gasteiger partial charge in [0.05, 0.1) is 0 Å². The van der Waals surface area contributed by atoms with Gasteiger partial charge < -0.3 is 5.32 Å². The fourth-order valence-corrected chi connectivity index (χ4v) is 0.648. The topological polar surface area (TPSA) is 12.0 Å². The zero-order chi connectivity index (χ0) is 9.28. The predicted molar refractivity (Wildman–Crippen MR) is 56.8 cm³/mol. The van der Waals surface area contributed by atoms with Crippen molar-refractivity contribution >= 4 is 12.6 Å². The van der Waals surface area contributed by atoms with Gasteiger partial charge in [0, 0.05) is 17.6 Å². The van der Waals surface area contributed by atoms with Crippen LogP contribution in [0.1, 0.15) is 13.8 Å². The van der Waals surface area contributed by atoms with Crippen LogP contribution in [0.4, 0.5) is 0 Å². The number of thiol groups is 1. The number of hydrogen-bond donors (Lipinski definition) is 2. The second kappa shape index (κ2) is 9.37. The zero-order valence-corrected chi connectivity index (χ0v) is 8.41. The lowest BCUT2D eigenvalue weighted by Gasteiger charge is -2.00. The highest BCUT2D eigenvalue weighted by atomic mass is 32.1. The Labute approximate surface area is 75.3 Å². The normalized spacial score (nSPS) is 10.2. The second-order valence-electron chi connectivity index (χ2n) is 1.46. The van der Waals surface area contributed by atoms with Gasteiger partial charge in [0.25, 0.3) is 0 Å². The van der Waals surface area contributed by atoms with E-state index < -0.39 is 0 Å². The molecule has 0 aliphatic rings. The summed E-state index contributed by atoms with van der Waals surface area (Å²) in [6.45, 7) is 11.1. The predicted octanol–water partition coefficient (Wildman–Crippen LogP) is 2.75. The van der Waals surface area contributed by atoms with E-state index in [0.717, 1.165) is 10.6 Å². The number of allylic oxidation sites excluding steroid dienone is 2. The SMILES string of the molecule is C=C/C(S)=C(\C=C)NC.CC. The van der Waals surface area contributed by atoms with E-state index in [9.17, 15) is 0 Å². The van der Waals surface area contributed by atoms with Crippen LogP contribution >= 0.6 is 12.6 Å². The number of nitrogens with one attached hydrogen (secondary N) is 1. The molecule has 0 atom stereocenters. The molecule has 0 unspecified atom stereocenters.